The van der Waals surface area contributed by atoms with Crippen molar-refractivity contribution >= 4 is 12.1 Å². The number of carboxylic acids is 1. The number of hydrogen-bond donors (Lipinski definition) is 2. The number of alkyl halides is 1. The Morgan fingerprint density at radius 3 is 2.00 bits per heavy atom. The molecule has 31 heavy (non-hydrogen) atoms. The molecule has 0 spiro atoms. The lowest BCUT2D eigenvalue weighted by atomic mass is 9.56. The zero-order chi connectivity index (χ0) is 21.6. The highest BCUT2D eigenvalue weighted by Gasteiger charge is 2.55. The van der Waals surface area contributed by atoms with E-state index in [4.69, 9.17) is 4.74 Å². The molecule has 1 amide bonds. The minimum absolute atomic E-state index is 0.0869. The van der Waals surface area contributed by atoms with Crippen LogP contribution in [0.4, 0.5) is 9.18 Å². The quantitative estimate of drug-likeness (QED) is 0.706. The molecule has 0 aliphatic heterocycles. The Bertz CT molecular complexity index is 966. The number of hydrogen-bond acceptors (Lipinski definition) is 3. The van der Waals surface area contributed by atoms with E-state index in [0.29, 0.717) is 38.5 Å². The molecule has 5 nitrogen and oxygen atoms in total. The number of alkyl carbamates (subject to hydrolysis) is 1. The van der Waals surface area contributed by atoms with Gasteiger partial charge in [-0.05, 0) is 60.8 Å². The van der Waals surface area contributed by atoms with Crippen LogP contribution in [0.3, 0.4) is 0 Å². The van der Waals surface area contributed by atoms with Crippen molar-refractivity contribution in [3.63, 3.8) is 0 Å². The van der Waals surface area contributed by atoms with Crippen LogP contribution in [-0.2, 0) is 9.53 Å². The van der Waals surface area contributed by atoms with Crippen LogP contribution >= 0.6 is 0 Å². The van der Waals surface area contributed by atoms with Crippen LogP contribution in [0.5, 0.6) is 0 Å². The lowest BCUT2D eigenvalue weighted by Crippen LogP contribution is -2.58. The number of halogens is 1. The maximum absolute atomic E-state index is 14.5. The van der Waals surface area contributed by atoms with E-state index >= 15 is 0 Å². The molecule has 2 aromatic carbocycles. The summed E-state index contributed by atoms with van der Waals surface area (Å²) in [5.41, 5.74) is 2.72. The van der Waals surface area contributed by atoms with E-state index in [1.165, 1.54) is 0 Å². The van der Waals surface area contributed by atoms with Crippen LogP contribution in [0.1, 0.15) is 55.6 Å². The molecule has 4 aliphatic rings. The number of benzene rings is 2. The number of rotatable bonds is 5. The molecule has 6 rings (SSSR count). The minimum Gasteiger partial charge on any atom is -0.480 e. The third-order valence-corrected chi connectivity index (χ3v) is 7.68. The summed E-state index contributed by atoms with van der Waals surface area (Å²) in [5.74, 6) is -1.17. The fourth-order valence-electron chi connectivity index (χ4n) is 5.84. The van der Waals surface area contributed by atoms with Crippen molar-refractivity contribution in [3.05, 3.63) is 59.7 Å². The van der Waals surface area contributed by atoms with E-state index in [2.05, 4.69) is 17.4 Å². The molecule has 162 valence electrons. The second-order valence-electron chi connectivity index (χ2n) is 9.25. The number of nitrogens with one attached hydrogen (secondary N) is 1. The van der Waals surface area contributed by atoms with Gasteiger partial charge >= 0.3 is 12.1 Å². The van der Waals surface area contributed by atoms with Gasteiger partial charge in [-0.3, -0.25) is 0 Å². The van der Waals surface area contributed by atoms with Gasteiger partial charge in [0.1, 0.15) is 18.3 Å². The van der Waals surface area contributed by atoms with E-state index in [1.807, 2.05) is 36.4 Å². The molecule has 0 saturated heterocycles. The van der Waals surface area contributed by atoms with Gasteiger partial charge in [-0.1, -0.05) is 48.5 Å². The number of ether oxygens (including phenoxy) is 1. The van der Waals surface area contributed by atoms with Gasteiger partial charge in [-0.25, -0.2) is 14.0 Å². The molecule has 3 fully saturated rings. The zero-order valence-electron chi connectivity index (χ0n) is 17.3. The second kappa shape index (κ2) is 7.36. The van der Waals surface area contributed by atoms with E-state index in [-0.39, 0.29) is 12.5 Å². The van der Waals surface area contributed by atoms with Gasteiger partial charge in [-0.15, -0.1) is 0 Å². The lowest BCUT2D eigenvalue weighted by Gasteiger charge is -2.51. The van der Waals surface area contributed by atoms with Crippen LogP contribution in [0.2, 0.25) is 0 Å². The third-order valence-electron chi connectivity index (χ3n) is 7.68. The molecule has 0 unspecified atom stereocenters. The number of amides is 1. The van der Waals surface area contributed by atoms with E-state index in [9.17, 15) is 19.1 Å². The van der Waals surface area contributed by atoms with Gasteiger partial charge < -0.3 is 15.2 Å². The minimum atomic E-state index is -1.16. The molecular formula is C25H26FNO4. The van der Waals surface area contributed by atoms with Gasteiger partial charge in [-0.2, -0.15) is 0 Å². The molecule has 0 aromatic heterocycles. The second-order valence-corrected chi connectivity index (χ2v) is 9.25. The summed E-state index contributed by atoms with van der Waals surface area (Å²) in [5, 5.41) is 12.4. The monoisotopic (exact) mass is 423 g/mol. The predicted octanol–water partition coefficient (Wildman–Crippen LogP) is 5.04. The third kappa shape index (κ3) is 3.38. The summed E-state index contributed by atoms with van der Waals surface area (Å²) in [7, 11) is 0. The molecule has 2 aromatic rings. The van der Waals surface area contributed by atoms with Gasteiger partial charge in [0.25, 0.3) is 0 Å². The highest BCUT2D eigenvalue weighted by Crippen LogP contribution is 2.55. The van der Waals surface area contributed by atoms with Gasteiger partial charge in [0.05, 0.1) is 0 Å². The Kier molecular flexibility index (Phi) is 4.76. The molecule has 2 bridgehead atoms. The first-order chi connectivity index (χ1) is 14.9. The first-order valence-corrected chi connectivity index (χ1v) is 10.9. The Hall–Kier alpha value is -2.89. The predicted molar refractivity (Wildman–Crippen MR) is 114 cm³/mol. The fraction of sp³-hybridized carbons (Fsp3) is 0.440. The van der Waals surface area contributed by atoms with Crippen molar-refractivity contribution in [1.82, 2.24) is 5.32 Å². The van der Waals surface area contributed by atoms with Crippen LogP contribution in [-0.4, -0.2) is 35.5 Å². The number of carbonyl (C=O) groups excluding carboxylic acids is 1. The van der Waals surface area contributed by atoms with Crippen molar-refractivity contribution in [2.45, 2.75) is 56.2 Å². The average molecular weight is 423 g/mol. The number of fused-ring (bicyclic) bond motifs is 6. The van der Waals surface area contributed by atoms with Crippen molar-refractivity contribution in [2.75, 3.05) is 6.61 Å². The molecule has 2 N–H and O–H groups in total. The molecule has 6 heteroatoms. The van der Waals surface area contributed by atoms with E-state index < -0.39 is 29.2 Å². The molecular weight excluding hydrogens is 397 g/mol. The SMILES string of the molecule is O=C(N[C@H](C(=O)O)C12CCC(F)(CC1)CC2)OCC1c2ccccc2-c2ccccc21. The highest BCUT2D eigenvalue weighted by atomic mass is 19.1. The fourth-order valence-corrected chi connectivity index (χ4v) is 5.84. The normalized spacial score (nSPS) is 27.3. The Labute approximate surface area is 180 Å². The molecule has 3 saturated carbocycles. The zero-order valence-corrected chi connectivity index (χ0v) is 17.3. The summed E-state index contributed by atoms with van der Waals surface area (Å²) in [6.45, 7) is 0.132. The summed E-state index contributed by atoms with van der Waals surface area (Å²) >= 11 is 0. The maximum atomic E-state index is 14.5. The maximum Gasteiger partial charge on any atom is 0.407 e. The summed E-state index contributed by atoms with van der Waals surface area (Å²) in [6.07, 6.45) is 1.79. The average Bonchev–Trinajstić information content (AvgIpc) is 3.10. The Morgan fingerprint density at radius 2 is 1.48 bits per heavy atom. The Balaban J connectivity index is 1.29. The van der Waals surface area contributed by atoms with Crippen molar-refractivity contribution in [3.8, 4) is 11.1 Å². The molecule has 0 heterocycles. The number of aliphatic carboxylic acids is 1. The summed E-state index contributed by atoms with van der Waals surface area (Å²) < 4.78 is 20.1. The van der Waals surface area contributed by atoms with Gasteiger partial charge in [0.2, 0.25) is 0 Å². The van der Waals surface area contributed by atoms with Gasteiger partial charge in [0, 0.05) is 11.3 Å². The van der Waals surface area contributed by atoms with E-state index in [0.717, 1.165) is 22.3 Å². The first-order valence-electron chi connectivity index (χ1n) is 10.9. The van der Waals surface area contributed by atoms with Crippen molar-refractivity contribution < 1.29 is 23.8 Å². The highest BCUT2D eigenvalue weighted by molar-refractivity contribution is 5.81. The number of carbonyl (C=O) groups is 2. The first kappa shape index (κ1) is 20.0. The van der Waals surface area contributed by atoms with Crippen LogP contribution in [0, 0.1) is 5.41 Å². The van der Waals surface area contributed by atoms with Crippen molar-refractivity contribution in [1.29, 1.82) is 0 Å². The Morgan fingerprint density at radius 1 is 0.968 bits per heavy atom. The molecule has 1 atom stereocenters. The van der Waals surface area contributed by atoms with Crippen LogP contribution < -0.4 is 5.32 Å². The topological polar surface area (TPSA) is 75.6 Å². The summed E-state index contributed by atoms with van der Waals surface area (Å²) in [6, 6.07) is 15.0. The largest absolute Gasteiger partial charge is 0.480 e. The van der Waals surface area contributed by atoms with Crippen molar-refractivity contribution in [2.24, 2.45) is 5.41 Å². The van der Waals surface area contributed by atoms with E-state index in [1.54, 1.807) is 0 Å². The molecule has 4 aliphatic carbocycles. The number of carboxylic acid groups (broad SMARTS) is 1. The van der Waals surface area contributed by atoms with Crippen LogP contribution in [0.15, 0.2) is 48.5 Å². The van der Waals surface area contributed by atoms with Gasteiger partial charge in [0.15, 0.2) is 0 Å². The smallest absolute Gasteiger partial charge is 0.407 e. The lowest BCUT2D eigenvalue weighted by molar-refractivity contribution is -0.148. The standard InChI is InChI=1S/C25H26FNO4/c26-25-12-9-24(10-13-25,11-14-25)21(22(28)29)27-23(30)31-15-20-18-7-3-1-5-16(18)17-6-2-4-8-19(17)20/h1-8,20-21H,9-15H2,(H,27,30)(H,28,29)/t21-,24?,25?/m1/s1. The van der Waals surface area contributed by atoms with Crippen LogP contribution in [0.25, 0.3) is 11.1 Å². The molecule has 0 radical (unpaired) electrons. The summed E-state index contributed by atoms with van der Waals surface area (Å²) in [4.78, 5) is 24.7.